The summed E-state index contributed by atoms with van der Waals surface area (Å²) in [6.07, 6.45) is 1.20. The summed E-state index contributed by atoms with van der Waals surface area (Å²) in [5, 5.41) is 11.4. The molecule has 0 aromatic heterocycles. The number of methoxy groups -OCH3 is 1. The first-order valence-corrected chi connectivity index (χ1v) is 8.40. The van der Waals surface area contributed by atoms with Gasteiger partial charge in [0.25, 0.3) is 0 Å². The zero-order chi connectivity index (χ0) is 16.0. The van der Waals surface area contributed by atoms with Crippen LogP contribution in [-0.4, -0.2) is 24.3 Å². The van der Waals surface area contributed by atoms with Crippen LogP contribution in [0.2, 0.25) is 10.0 Å². The summed E-state index contributed by atoms with van der Waals surface area (Å²) in [7, 11) is 1.41. The Hall–Kier alpha value is -0.770. The van der Waals surface area contributed by atoms with Gasteiger partial charge in [-0.2, -0.15) is 0 Å². The number of aliphatic hydroxyl groups is 1. The van der Waals surface area contributed by atoms with E-state index in [4.69, 9.17) is 27.9 Å². The van der Waals surface area contributed by atoms with Crippen LogP contribution in [0.4, 0.5) is 0 Å². The molecule has 2 aliphatic rings. The molecule has 3 rings (SSSR count). The van der Waals surface area contributed by atoms with E-state index in [9.17, 15) is 9.90 Å². The molecule has 0 saturated heterocycles. The molecule has 22 heavy (non-hydrogen) atoms. The molecule has 3 nitrogen and oxygen atoms in total. The van der Waals surface area contributed by atoms with Crippen LogP contribution in [0.5, 0.6) is 0 Å². The van der Waals surface area contributed by atoms with Gasteiger partial charge >= 0.3 is 5.97 Å². The van der Waals surface area contributed by atoms with Crippen molar-refractivity contribution in [2.24, 2.45) is 23.7 Å². The van der Waals surface area contributed by atoms with E-state index in [-0.39, 0.29) is 23.7 Å². The Labute approximate surface area is 140 Å². The average molecular weight is 343 g/mol. The third kappa shape index (κ3) is 2.53. The van der Waals surface area contributed by atoms with Crippen molar-refractivity contribution < 1.29 is 14.6 Å². The lowest BCUT2D eigenvalue weighted by Gasteiger charge is -2.39. The second-order valence-corrected chi connectivity index (χ2v) is 7.38. The number of carbonyl (C=O) groups excluding carboxylic acids is 1. The fourth-order valence-electron chi connectivity index (χ4n) is 4.51. The van der Waals surface area contributed by atoms with Crippen LogP contribution in [-0.2, 0) is 9.53 Å². The van der Waals surface area contributed by atoms with Crippen molar-refractivity contribution in [1.82, 2.24) is 0 Å². The Kier molecular flexibility index (Phi) is 4.41. The number of esters is 1. The second-order valence-electron chi connectivity index (χ2n) is 6.56. The number of aliphatic hydroxyl groups excluding tert-OH is 1. The molecule has 5 heteroatoms. The van der Waals surface area contributed by atoms with Crippen LogP contribution in [0.15, 0.2) is 18.2 Å². The summed E-state index contributed by atoms with van der Waals surface area (Å²) >= 11 is 12.1. The Morgan fingerprint density at radius 2 is 2.00 bits per heavy atom. The maximum Gasteiger partial charge on any atom is 0.309 e. The van der Waals surface area contributed by atoms with Crippen LogP contribution in [0.1, 0.15) is 31.2 Å². The lowest BCUT2D eigenvalue weighted by molar-refractivity contribution is -0.152. The summed E-state index contributed by atoms with van der Waals surface area (Å²) in [5.74, 6) is 0.160. The average Bonchev–Trinajstić information content (AvgIpc) is 2.68. The van der Waals surface area contributed by atoms with Gasteiger partial charge in [-0.05, 0) is 48.3 Å². The van der Waals surface area contributed by atoms with E-state index in [0.29, 0.717) is 21.9 Å². The number of rotatable bonds is 2. The summed E-state index contributed by atoms with van der Waals surface area (Å²) in [6, 6.07) is 5.53. The molecule has 2 saturated carbocycles. The van der Waals surface area contributed by atoms with Gasteiger partial charge in [0.2, 0.25) is 0 Å². The van der Waals surface area contributed by atoms with Crippen molar-refractivity contribution in [1.29, 1.82) is 0 Å². The molecule has 1 unspecified atom stereocenters. The Morgan fingerprint density at radius 1 is 1.27 bits per heavy atom. The first-order chi connectivity index (χ1) is 10.4. The van der Waals surface area contributed by atoms with Gasteiger partial charge in [-0.15, -0.1) is 0 Å². The van der Waals surface area contributed by atoms with Crippen molar-refractivity contribution in [2.75, 3.05) is 7.11 Å². The van der Waals surface area contributed by atoms with Crippen molar-refractivity contribution in [2.45, 2.75) is 31.8 Å². The van der Waals surface area contributed by atoms with Crippen molar-refractivity contribution in [3.63, 3.8) is 0 Å². The van der Waals surface area contributed by atoms with Gasteiger partial charge in [-0.3, -0.25) is 4.79 Å². The summed E-state index contributed by atoms with van der Waals surface area (Å²) in [4.78, 5) is 12.4. The molecular weight excluding hydrogens is 323 g/mol. The van der Waals surface area contributed by atoms with Crippen LogP contribution in [0.25, 0.3) is 0 Å². The number of hydrogen-bond donors (Lipinski definition) is 1. The predicted molar refractivity (Wildman–Crippen MR) is 86.1 cm³/mol. The minimum absolute atomic E-state index is 0.0190. The third-order valence-electron chi connectivity index (χ3n) is 5.59. The monoisotopic (exact) mass is 342 g/mol. The van der Waals surface area contributed by atoms with E-state index in [1.807, 2.05) is 12.1 Å². The minimum Gasteiger partial charge on any atom is -0.469 e. The smallest absolute Gasteiger partial charge is 0.309 e. The van der Waals surface area contributed by atoms with E-state index in [1.54, 1.807) is 6.07 Å². The molecule has 0 spiro atoms. The molecule has 0 aliphatic heterocycles. The molecule has 1 aromatic carbocycles. The minimum atomic E-state index is -0.433. The molecule has 0 amide bonds. The summed E-state index contributed by atoms with van der Waals surface area (Å²) in [5.41, 5.74) is 1.00. The maximum atomic E-state index is 12.4. The van der Waals surface area contributed by atoms with Gasteiger partial charge in [0.1, 0.15) is 0 Å². The molecule has 0 heterocycles. The van der Waals surface area contributed by atoms with E-state index < -0.39 is 6.10 Å². The second kappa shape index (κ2) is 6.03. The number of hydrogen-bond acceptors (Lipinski definition) is 3. The number of carbonyl (C=O) groups is 1. The zero-order valence-electron chi connectivity index (χ0n) is 12.6. The highest BCUT2D eigenvalue weighted by atomic mass is 35.5. The lowest BCUT2D eigenvalue weighted by atomic mass is 9.64. The highest BCUT2D eigenvalue weighted by molar-refractivity contribution is 6.42. The summed E-state index contributed by atoms with van der Waals surface area (Å²) < 4.78 is 5.03. The predicted octanol–water partition coefficient (Wildman–Crippen LogP) is 3.90. The fourth-order valence-corrected chi connectivity index (χ4v) is 4.82. The van der Waals surface area contributed by atoms with Gasteiger partial charge in [0.05, 0.1) is 29.2 Å². The molecule has 2 bridgehead atoms. The maximum absolute atomic E-state index is 12.4. The first-order valence-electron chi connectivity index (χ1n) is 7.65. The highest BCUT2D eigenvalue weighted by Gasteiger charge is 2.54. The molecule has 1 N–H and O–H groups in total. The molecule has 2 aliphatic carbocycles. The van der Waals surface area contributed by atoms with Crippen LogP contribution >= 0.6 is 23.2 Å². The summed E-state index contributed by atoms with van der Waals surface area (Å²) in [6.45, 7) is 2.13. The largest absolute Gasteiger partial charge is 0.469 e. The van der Waals surface area contributed by atoms with Gasteiger partial charge in [0.15, 0.2) is 0 Å². The molecule has 120 valence electrons. The number of halogens is 2. The quantitative estimate of drug-likeness (QED) is 0.829. The zero-order valence-corrected chi connectivity index (χ0v) is 14.1. The molecule has 2 fully saturated rings. The van der Waals surface area contributed by atoms with E-state index >= 15 is 0 Å². The van der Waals surface area contributed by atoms with Crippen LogP contribution in [0.3, 0.4) is 0 Å². The third-order valence-corrected chi connectivity index (χ3v) is 6.33. The van der Waals surface area contributed by atoms with E-state index in [0.717, 1.165) is 18.4 Å². The topological polar surface area (TPSA) is 46.5 Å². The molecule has 1 aromatic rings. The normalized spacial score (nSPS) is 37.1. The van der Waals surface area contributed by atoms with E-state index in [2.05, 4.69) is 6.92 Å². The van der Waals surface area contributed by atoms with Gasteiger partial charge < -0.3 is 9.84 Å². The lowest BCUT2D eigenvalue weighted by Crippen LogP contribution is -2.40. The van der Waals surface area contributed by atoms with Gasteiger partial charge in [-0.25, -0.2) is 0 Å². The number of benzene rings is 1. The number of ether oxygens (including phenoxy) is 1. The molecule has 0 radical (unpaired) electrons. The Bertz CT molecular complexity index is 589. The Morgan fingerprint density at radius 3 is 2.64 bits per heavy atom. The highest BCUT2D eigenvalue weighted by Crippen LogP contribution is 2.55. The SMILES string of the molecule is COC(=O)[C@@H]1[C@@H]2C(C)[C@@H](C[C@H]2O)C[C@H]1c1ccc(Cl)c(Cl)c1. The van der Waals surface area contributed by atoms with Crippen molar-refractivity contribution >= 4 is 29.2 Å². The number of fused-ring (bicyclic) bond motifs is 2. The first kappa shape index (κ1) is 16.1. The fraction of sp³-hybridized carbons (Fsp3) is 0.588. The van der Waals surface area contributed by atoms with Gasteiger partial charge in [0, 0.05) is 5.92 Å². The van der Waals surface area contributed by atoms with Crippen molar-refractivity contribution in [3.05, 3.63) is 33.8 Å². The van der Waals surface area contributed by atoms with Crippen LogP contribution < -0.4 is 0 Å². The van der Waals surface area contributed by atoms with Crippen LogP contribution in [0, 0.1) is 23.7 Å². The Balaban J connectivity index is 2.01. The van der Waals surface area contributed by atoms with Crippen molar-refractivity contribution in [3.8, 4) is 0 Å². The van der Waals surface area contributed by atoms with Gasteiger partial charge in [-0.1, -0.05) is 36.2 Å². The molecule has 6 atom stereocenters. The molecular formula is C17H20Cl2O3. The van der Waals surface area contributed by atoms with E-state index in [1.165, 1.54) is 7.11 Å². The standard InChI is InChI=1S/C17H20Cl2O3/c1-8-10-5-11(9-3-4-12(18)13(19)6-9)16(17(21)22-2)15(8)14(20)7-10/h3-4,6,8,10-11,14-16,20H,5,7H2,1-2H3/t8?,10-,11+,14-,15-,16+/m1/s1.